The van der Waals surface area contributed by atoms with Gasteiger partial charge in [0.25, 0.3) is 0 Å². The van der Waals surface area contributed by atoms with Crippen molar-refractivity contribution in [2.45, 2.75) is 65.8 Å². The second-order valence-corrected chi connectivity index (χ2v) is 6.68. The Labute approximate surface area is 119 Å². The molecule has 3 heteroatoms. The average Bonchev–Trinajstić information content (AvgIpc) is 2.44. The van der Waals surface area contributed by atoms with E-state index in [4.69, 9.17) is 0 Å². The molecule has 0 unspecified atom stereocenters. The molecule has 0 radical (unpaired) electrons. The number of hydrogen-bond acceptors (Lipinski definition) is 2. The largest absolute Gasteiger partial charge is 0.345 e. The predicted octanol–water partition coefficient (Wildman–Crippen LogP) is 3.05. The Bertz CT molecular complexity index is 280. The Hall–Kier alpha value is -0.570. The highest BCUT2D eigenvalue weighted by Gasteiger charge is 2.31. The van der Waals surface area contributed by atoms with E-state index in [9.17, 15) is 4.79 Å². The lowest BCUT2D eigenvalue weighted by atomic mass is 9.69. The molecule has 0 aromatic heterocycles. The molecule has 0 atom stereocenters. The Morgan fingerprint density at radius 2 is 1.79 bits per heavy atom. The van der Waals surface area contributed by atoms with Gasteiger partial charge in [0.05, 0.1) is 6.54 Å². The van der Waals surface area contributed by atoms with Gasteiger partial charge in [-0.15, -0.1) is 0 Å². The molecule has 0 aromatic rings. The van der Waals surface area contributed by atoms with Crippen molar-refractivity contribution in [2.75, 3.05) is 20.1 Å². The zero-order chi connectivity index (χ0) is 14.5. The fourth-order valence-electron chi connectivity index (χ4n) is 2.91. The summed E-state index contributed by atoms with van der Waals surface area (Å²) in [6.45, 7) is 10.4. The highest BCUT2D eigenvalue weighted by molar-refractivity contribution is 5.77. The summed E-state index contributed by atoms with van der Waals surface area (Å²) >= 11 is 0. The lowest BCUT2D eigenvalue weighted by Crippen LogP contribution is -2.42. The maximum atomic E-state index is 11.8. The highest BCUT2D eigenvalue weighted by atomic mass is 16.2. The van der Waals surface area contributed by atoms with Gasteiger partial charge in [-0.2, -0.15) is 0 Å². The Morgan fingerprint density at radius 1 is 1.21 bits per heavy atom. The minimum atomic E-state index is 0.207. The number of hydrogen-bond donors (Lipinski definition) is 1. The van der Waals surface area contributed by atoms with Crippen LogP contribution in [0.15, 0.2) is 0 Å². The van der Waals surface area contributed by atoms with Crippen molar-refractivity contribution in [1.82, 2.24) is 10.2 Å². The van der Waals surface area contributed by atoms with Crippen LogP contribution in [0.4, 0.5) is 0 Å². The molecule has 1 saturated carbocycles. The highest BCUT2D eigenvalue weighted by Crippen LogP contribution is 2.40. The lowest BCUT2D eigenvalue weighted by molar-refractivity contribution is -0.128. The number of nitrogens with zero attached hydrogens (tertiary/aromatic N) is 1. The first-order valence-electron chi connectivity index (χ1n) is 7.88. The minimum Gasteiger partial charge on any atom is -0.345 e. The summed E-state index contributed by atoms with van der Waals surface area (Å²) in [6, 6.07) is 0.540. The van der Waals surface area contributed by atoms with Gasteiger partial charge in [0.1, 0.15) is 0 Å². The number of carbonyl (C=O) groups is 1. The van der Waals surface area contributed by atoms with Crippen LogP contribution in [0, 0.1) is 11.3 Å². The number of carbonyl (C=O) groups excluding carboxylic acids is 1. The molecule has 0 heterocycles. The first kappa shape index (κ1) is 16.5. The molecule has 112 valence electrons. The lowest BCUT2D eigenvalue weighted by Gasteiger charge is -2.39. The van der Waals surface area contributed by atoms with E-state index in [1.54, 1.807) is 4.90 Å². The van der Waals surface area contributed by atoms with Gasteiger partial charge in [0, 0.05) is 19.6 Å². The molecule has 1 aliphatic rings. The van der Waals surface area contributed by atoms with Crippen LogP contribution in [0.1, 0.15) is 59.8 Å². The summed E-state index contributed by atoms with van der Waals surface area (Å²) in [5.74, 6) is 1.06. The van der Waals surface area contributed by atoms with Crippen LogP contribution >= 0.6 is 0 Å². The maximum Gasteiger partial charge on any atom is 0.236 e. The van der Waals surface area contributed by atoms with Crippen molar-refractivity contribution >= 4 is 5.91 Å². The van der Waals surface area contributed by atoms with E-state index in [-0.39, 0.29) is 5.91 Å². The molecule has 3 nitrogen and oxygen atoms in total. The third-order valence-electron chi connectivity index (χ3n) is 5.19. The van der Waals surface area contributed by atoms with Gasteiger partial charge in [-0.3, -0.25) is 4.79 Å². The fourth-order valence-corrected chi connectivity index (χ4v) is 2.91. The molecule has 19 heavy (non-hydrogen) atoms. The maximum absolute atomic E-state index is 11.8. The molecular weight excluding hydrogens is 236 g/mol. The van der Waals surface area contributed by atoms with Crippen molar-refractivity contribution in [3.8, 4) is 0 Å². The van der Waals surface area contributed by atoms with Crippen molar-refractivity contribution < 1.29 is 4.79 Å². The minimum absolute atomic E-state index is 0.207. The van der Waals surface area contributed by atoms with E-state index >= 15 is 0 Å². The van der Waals surface area contributed by atoms with Gasteiger partial charge in [0.15, 0.2) is 0 Å². The van der Waals surface area contributed by atoms with E-state index in [1.807, 2.05) is 14.0 Å². The molecular formula is C16H32N2O. The molecule has 1 aliphatic carbocycles. The Balaban J connectivity index is 2.29. The molecule has 1 fully saturated rings. The SMILES string of the molecule is CCN(C)C(=O)CNC1CCC(C(C)(C)CC)CC1. The van der Waals surface area contributed by atoms with Crippen LogP contribution in [-0.2, 0) is 4.79 Å². The Morgan fingerprint density at radius 3 is 2.26 bits per heavy atom. The quantitative estimate of drug-likeness (QED) is 0.803. The second kappa shape index (κ2) is 7.28. The monoisotopic (exact) mass is 268 g/mol. The van der Waals surface area contributed by atoms with Crippen LogP contribution in [0.25, 0.3) is 0 Å². The van der Waals surface area contributed by atoms with Crippen LogP contribution in [0.2, 0.25) is 0 Å². The topological polar surface area (TPSA) is 32.3 Å². The van der Waals surface area contributed by atoms with Gasteiger partial charge in [0.2, 0.25) is 5.91 Å². The third-order valence-corrected chi connectivity index (χ3v) is 5.19. The first-order chi connectivity index (χ1) is 8.90. The molecule has 0 spiro atoms. The molecule has 1 amide bonds. The number of rotatable bonds is 6. The van der Waals surface area contributed by atoms with Crippen molar-refractivity contribution in [1.29, 1.82) is 0 Å². The van der Waals surface area contributed by atoms with E-state index in [1.165, 1.54) is 32.1 Å². The van der Waals surface area contributed by atoms with Gasteiger partial charge in [-0.05, 0) is 43.9 Å². The van der Waals surface area contributed by atoms with Gasteiger partial charge < -0.3 is 10.2 Å². The number of amides is 1. The van der Waals surface area contributed by atoms with Gasteiger partial charge in [-0.25, -0.2) is 0 Å². The summed E-state index contributed by atoms with van der Waals surface area (Å²) in [6.07, 6.45) is 6.30. The summed E-state index contributed by atoms with van der Waals surface area (Å²) in [5.41, 5.74) is 0.475. The van der Waals surface area contributed by atoms with E-state index < -0.39 is 0 Å². The average molecular weight is 268 g/mol. The first-order valence-corrected chi connectivity index (χ1v) is 7.88. The zero-order valence-corrected chi connectivity index (χ0v) is 13.5. The number of nitrogens with one attached hydrogen (secondary N) is 1. The normalized spacial score (nSPS) is 24.3. The summed E-state index contributed by atoms with van der Waals surface area (Å²) < 4.78 is 0. The molecule has 1 N–H and O–H groups in total. The third kappa shape index (κ3) is 4.79. The van der Waals surface area contributed by atoms with Crippen LogP contribution in [0.5, 0.6) is 0 Å². The fraction of sp³-hybridized carbons (Fsp3) is 0.938. The van der Waals surface area contributed by atoms with Crippen LogP contribution in [0.3, 0.4) is 0 Å². The van der Waals surface area contributed by atoms with E-state index in [0.717, 1.165) is 12.5 Å². The summed E-state index contributed by atoms with van der Waals surface area (Å²) in [5, 5.41) is 3.44. The molecule has 0 aliphatic heterocycles. The summed E-state index contributed by atoms with van der Waals surface area (Å²) in [4.78, 5) is 13.5. The standard InChI is InChI=1S/C16H32N2O/c1-6-16(3,4)13-8-10-14(11-9-13)17-12-15(19)18(5)7-2/h13-14,17H,6-12H2,1-5H3. The number of likely N-dealkylation sites (N-methyl/N-ethyl adjacent to an activating group) is 1. The molecule has 1 rings (SSSR count). The predicted molar refractivity (Wildman–Crippen MR) is 81.1 cm³/mol. The van der Waals surface area contributed by atoms with Crippen molar-refractivity contribution in [2.24, 2.45) is 11.3 Å². The van der Waals surface area contributed by atoms with Crippen LogP contribution < -0.4 is 5.32 Å². The van der Waals surface area contributed by atoms with Gasteiger partial charge >= 0.3 is 0 Å². The smallest absolute Gasteiger partial charge is 0.236 e. The summed E-state index contributed by atoms with van der Waals surface area (Å²) in [7, 11) is 1.87. The molecule has 0 aromatic carbocycles. The van der Waals surface area contributed by atoms with Crippen LogP contribution in [-0.4, -0.2) is 37.0 Å². The molecule has 0 bridgehead atoms. The second-order valence-electron chi connectivity index (χ2n) is 6.68. The zero-order valence-electron chi connectivity index (χ0n) is 13.5. The van der Waals surface area contributed by atoms with Crippen molar-refractivity contribution in [3.63, 3.8) is 0 Å². The van der Waals surface area contributed by atoms with Crippen molar-refractivity contribution in [3.05, 3.63) is 0 Å². The Kier molecular flexibility index (Phi) is 6.31. The molecule has 0 saturated heterocycles. The van der Waals surface area contributed by atoms with Gasteiger partial charge in [-0.1, -0.05) is 27.2 Å². The van der Waals surface area contributed by atoms with E-state index in [0.29, 0.717) is 18.0 Å². The van der Waals surface area contributed by atoms with E-state index in [2.05, 4.69) is 26.1 Å².